The maximum absolute atomic E-state index is 12.0. The second kappa shape index (κ2) is 6.02. The highest BCUT2D eigenvalue weighted by Gasteiger charge is 2.10. The molecule has 0 unspecified atom stereocenters. The third-order valence-electron chi connectivity index (χ3n) is 2.37. The molecule has 0 fully saturated rings. The van der Waals surface area contributed by atoms with Gasteiger partial charge in [-0.2, -0.15) is 11.3 Å². The summed E-state index contributed by atoms with van der Waals surface area (Å²) in [6.07, 6.45) is 1.85. The van der Waals surface area contributed by atoms with Gasteiger partial charge in [-0.3, -0.25) is 4.79 Å². The van der Waals surface area contributed by atoms with E-state index in [0.717, 1.165) is 11.3 Å². The lowest BCUT2D eigenvalue weighted by molar-refractivity contribution is -0.115. The average molecular weight is 310 g/mol. The predicted octanol–water partition coefficient (Wildman–Crippen LogP) is 2.89. The lowest BCUT2D eigenvalue weighted by Crippen LogP contribution is -2.09. The zero-order valence-corrected chi connectivity index (χ0v) is 12.2. The number of rotatable bonds is 5. The molecule has 0 aliphatic rings. The van der Waals surface area contributed by atoms with Crippen LogP contribution in [0.5, 0.6) is 0 Å². The Hall–Kier alpha value is -1.93. The molecule has 20 heavy (non-hydrogen) atoms. The number of thiazole rings is 1. The summed E-state index contributed by atoms with van der Waals surface area (Å²) in [6.45, 7) is 1.74. The van der Waals surface area contributed by atoms with Crippen molar-refractivity contribution in [1.29, 1.82) is 0 Å². The summed E-state index contributed by atoms with van der Waals surface area (Å²) < 4.78 is 27.6. The topological polar surface area (TPSA) is 90.2 Å². The number of carbonyl (C=O) groups is 1. The molecule has 1 aromatic heterocycles. The number of nitrogens with zero attached hydrogens (tertiary/aromatic N) is 2. The van der Waals surface area contributed by atoms with E-state index in [2.05, 4.69) is 15.0 Å². The summed E-state index contributed by atoms with van der Waals surface area (Å²) in [5.41, 5.74) is 0.546. The van der Waals surface area contributed by atoms with Gasteiger partial charge in [-0.05, 0) is 29.6 Å². The Morgan fingerprint density at radius 3 is 2.60 bits per heavy atom. The molecule has 0 aliphatic carbocycles. The fraction of sp³-hybridized carbons (Fsp3) is 0.167. The number of carbonyl (C=O) groups excluding carboxylic acids is 1. The van der Waals surface area contributed by atoms with Gasteiger partial charge in [-0.25, -0.2) is 8.42 Å². The highest BCUT2D eigenvalue weighted by Crippen LogP contribution is 2.29. The normalized spacial score (nSPS) is 11.1. The Morgan fingerprint density at radius 2 is 2.05 bits per heavy atom. The van der Waals surface area contributed by atoms with Gasteiger partial charge in [0, 0.05) is 17.2 Å². The Labute approximate surface area is 120 Å². The van der Waals surface area contributed by atoms with E-state index in [1.807, 2.05) is 0 Å². The van der Waals surface area contributed by atoms with Crippen LogP contribution in [0.25, 0.3) is 4.72 Å². The Bertz CT molecular complexity index is 679. The smallest absolute Gasteiger partial charge is 0.224 e. The van der Waals surface area contributed by atoms with Crippen LogP contribution in [0.4, 0.5) is 10.8 Å². The van der Waals surface area contributed by atoms with Crippen LogP contribution < -0.4 is 5.32 Å². The first kappa shape index (κ1) is 14.5. The van der Waals surface area contributed by atoms with Crippen molar-refractivity contribution in [3.63, 3.8) is 0 Å². The molecule has 0 saturated heterocycles. The monoisotopic (exact) mass is 310 g/mol. The van der Waals surface area contributed by atoms with Crippen LogP contribution in [0.1, 0.15) is 13.3 Å². The van der Waals surface area contributed by atoms with Crippen molar-refractivity contribution in [2.24, 2.45) is 0 Å². The van der Waals surface area contributed by atoms with Gasteiger partial charge in [-0.15, -0.1) is 0 Å². The SMILES string of the molecule is CCC(=O)Nc1ccc(S(=O)(=O)[N-]c2nccs2)cc1. The quantitative estimate of drug-likeness (QED) is 0.919. The molecule has 2 rings (SSSR count). The second-order valence-electron chi connectivity index (χ2n) is 3.81. The number of nitrogens with one attached hydrogen (secondary N) is 1. The molecule has 0 radical (unpaired) electrons. The minimum absolute atomic E-state index is 0.0576. The maximum atomic E-state index is 12.0. The molecular weight excluding hydrogens is 298 g/mol. The van der Waals surface area contributed by atoms with E-state index in [-0.39, 0.29) is 15.9 Å². The van der Waals surface area contributed by atoms with Gasteiger partial charge in [-0.1, -0.05) is 13.1 Å². The van der Waals surface area contributed by atoms with Gasteiger partial charge in [0.2, 0.25) is 15.9 Å². The van der Waals surface area contributed by atoms with E-state index in [1.165, 1.54) is 30.5 Å². The van der Waals surface area contributed by atoms with Gasteiger partial charge in [0.1, 0.15) is 0 Å². The van der Waals surface area contributed by atoms with E-state index >= 15 is 0 Å². The van der Waals surface area contributed by atoms with Gasteiger partial charge < -0.3 is 15.0 Å². The van der Waals surface area contributed by atoms with E-state index < -0.39 is 10.0 Å². The largest absolute Gasteiger partial charge is 0.433 e. The lowest BCUT2D eigenvalue weighted by Gasteiger charge is -2.12. The zero-order valence-electron chi connectivity index (χ0n) is 10.6. The third kappa shape index (κ3) is 3.55. The summed E-state index contributed by atoms with van der Waals surface area (Å²) >= 11 is 1.15. The number of sulfonamides is 1. The summed E-state index contributed by atoms with van der Waals surface area (Å²) in [6, 6.07) is 5.85. The van der Waals surface area contributed by atoms with Crippen molar-refractivity contribution in [2.75, 3.05) is 5.32 Å². The van der Waals surface area contributed by atoms with Crippen molar-refractivity contribution in [3.05, 3.63) is 40.6 Å². The zero-order chi connectivity index (χ0) is 14.6. The molecule has 1 heterocycles. The van der Waals surface area contributed by atoms with Crippen molar-refractivity contribution in [3.8, 4) is 0 Å². The number of anilines is 1. The van der Waals surface area contributed by atoms with E-state index in [4.69, 9.17) is 0 Å². The molecular formula is C12H12N3O3S2-. The number of hydrogen-bond donors (Lipinski definition) is 1. The molecule has 1 N–H and O–H groups in total. The molecule has 1 aromatic carbocycles. The Kier molecular flexibility index (Phi) is 4.35. The molecule has 0 atom stereocenters. The van der Waals surface area contributed by atoms with Gasteiger partial charge >= 0.3 is 0 Å². The first-order valence-corrected chi connectivity index (χ1v) is 8.10. The maximum Gasteiger partial charge on any atom is 0.224 e. The summed E-state index contributed by atoms with van der Waals surface area (Å²) in [7, 11) is -3.77. The van der Waals surface area contributed by atoms with Crippen LogP contribution in [-0.4, -0.2) is 19.3 Å². The minimum atomic E-state index is -3.77. The first-order valence-electron chi connectivity index (χ1n) is 5.78. The fourth-order valence-electron chi connectivity index (χ4n) is 1.38. The minimum Gasteiger partial charge on any atom is -0.433 e. The molecule has 0 aliphatic heterocycles. The summed E-state index contributed by atoms with van der Waals surface area (Å²) in [5.74, 6) is -0.131. The third-order valence-corrected chi connectivity index (χ3v) is 4.44. The lowest BCUT2D eigenvalue weighted by atomic mass is 10.3. The second-order valence-corrected chi connectivity index (χ2v) is 6.28. The van der Waals surface area contributed by atoms with Crippen LogP contribution in [0, 0.1) is 0 Å². The van der Waals surface area contributed by atoms with Crippen molar-refractivity contribution < 1.29 is 13.2 Å². The molecule has 0 spiro atoms. The van der Waals surface area contributed by atoms with Gasteiger partial charge in [0.25, 0.3) is 0 Å². The highest BCUT2D eigenvalue weighted by atomic mass is 32.2. The summed E-state index contributed by atoms with van der Waals surface area (Å²) in [4.78, 5) is 15.1. The van der Waals surface area contributed by atoms with Crippen molar-refractivity contribution >= 4 is 38.1 Å². The molecule has 0 bridgehead atoms. The van der Waals surface area contributed by atoms with Crippen LogP contribution in [0.15, 0.2) is 40.7 Å². The van der Waals surface area contributed by atoms with Gasteiger partial charge in [0.15, 0.2) is 0 Å². The average Bonchev–Trinajstić information content (AvgIpc) is 2.91. The number of hydrogen-bond acceptors (Lipinski definition) is 5. The summed E-state index contributed by atoms with van der Waals surface area (Å²) in [5, 5.41) is 4.48. The van der Waals surface area contributed by atoms with Crippen LogP contribution in [-0.2, 0) is 14.8 Å². The van der Waals surface area contributed by atoms with Crippen LogP contribution >= 0.6 is 11.3 Å². The molecule has 0 saturated carbocycles. The van der Waals surface area contributed by atoms with E-state index in [1.54, 1.807) is 12.3 Å². The van der Waals surface area contributed by atoms with Crippen LogP contribution in [0.3, 0.4) is 0 Å². The number of benzene rings is 1. The predicted molar refractivity (Wildman–Crippen MR) is 77.7 cm³/mol. The van der Waals surface area contributed by atoms with Crippen molar-refractivity contribution in [1.82, 2.24) is 4.98 Å². The van der Waals surface area contributed by atoms with E-state index in [9.17, 15) is 13.2 Å². The van der Waals surface area contributed by atoms with E-state index in [0.29, 0.717) is 12.1 Å². The van der Waals surface area contributed by atoms with Crippen molar-refractivity contribution in [2.45, 2.75) is 18.2 Å². The van der Waals surface area contributed by atoms with Gasteiger partial charge in [0.05, 0.1) is 4.90 Å². The highest BCUT2D eigenvalue weighted by molar-refractivity contribution is 7.94. The molecule has 8 heteroatoms. The molecule has 6 nitrogen and oxygen atoms in total. The Morgan fingerprint density at radius 1 is 1.35 bits per heavy atom. The Balaban J connectivity index is 2.14. The van der Waals surface area contributed by atoms with Crippen LogP contribution in [0.2, 0.25) is 0 Å². The number of amides is 1. The number of aromatic nitrogens is 1. The standard InChI is InChI=1S/C12H13N3O3S2/c1-2-11(16)14-9-3-5-10(6-4-9)20(17,18)15-12-13-7-8-19-12/h3-8H,2H2,1H3,(H2,13,14,15,16)/p-1. The first-order chi connectivity index (χ1) is 9.51. The molecule has 106 valence electrons. The molecule has 2 aromatic rings. The molecule has 1 amide bonds. The fourth-order valence-corrected chi connectivity index (χ4v) is 3.05.